The van der Waals surface area contributed by atoms with Gasteiger partial charge in [-0.15, -0.1) is 0 Å². The summed E-state index contributed by atoms with van der Waals surface area (Å²) in [4.78, 5) is 11.5. The number of morpholine rings is 1. The van der Waals surface area contributed by atoms with Crippen molar-refractivity contribution >= 4 is 5.97 Å². The highest BCUT2D eigenvalue weighted by Gasteiger charge is 2.30. The lowest BCUT2D eigenvalue weighted by molar-refractivity contribution is -0.919. The number of carbonyl (C=O) groups is 1. The molecule has 1 atom stereocenters. The van der Waals surface area contributed by atoms with E-state index in [-0.39, 0.29) is 36.0 Å². The first kappa shape index (κ1) is 32.1. The van der Waals surface area contributed by atoms with Crippen LogP contribution in [0.4, 0.5) is 0 Å². The second-order valence-electron chi connectivity index (χ2n) is 9.76. The molecule has 192 valence electrons. The van der Waals surface area contributed by atoms with Crippen molar-refractivity contribution in [1.82, 2.24) is 0 Å². The predicted molar refractivity (Wildman–Crippen MR) is 128 cm³/mol. The van der Waals surface area contributed by atoms with Gasteiger partial charge in [0.2, 0.25) is 0 Å². The number of unbranched alkanes of at least 4 members (excludes halogenated alkanes) is 13. The minimum Gasteiger partial charge on any atom is -1.00 e. The molecule has 0 bridgehead atoms. The number of esters is 1. The minimum atomic E-state index is -0.218. The van der Waals surface area contributed by atoms with Gasteiger partial charge in [-0.3, -0.25) is 4.79 Å². The molecule has 6 heteroatoms. The van der Waals surface area contributed by atoms with Crippen molar-refractivity contribution in [3.8, 4) is 0 Å². The van der Waals surface area contributed by atoms with Gasteiger partial charge in [-0.1, -0.05) is 90.4 Å². The van der Waals surface area contributed by atoms with Crippen LogP contribution in [0.5, 0.6) is 0 Å². The third-order valence-corrected chi connectivity index (χ3v) is 6.47. The molecule has 5 nitrogen and oxygen atoms in total. The molecule has 0 amide bonds. The first-order valence-electron chi connectivity index (χ1n) is 13.2. The number of halogens is 1. The Morgan fingerprint density at radius 3 is 1.78 bits per heavy atom. The fourth-order valence-corrected chi connectivity index (χ4v) is 4.43. The molecule has 0 aliphatic carbocycles. The number of hydrogen-bond donors (Lipinski definition) is 0. The summed E-state index contributed by atoms with van der Waals surface area (Å²) in [6.45, 7) is 9.35. The van der Waals surface area contributed by atoms with Gasteiger partial charge < -0.3 is 42.7 Å². The van der Waals surface area contributed by atoms with Gasteiger partial charge in [0, 0.05) is 13.5 Å². The molecule has 1 unspecified atom stereocenters. The summed E-state index contributed by atoms with van der Waals surface area (Å²) in [6.07, 6.45) is 18.9. The molecular weight excluding hydrogens is 517 g/mol. The predicted octanol–water partition coefficient (Wildman–Crippen LogP) is 2.90. The van der Waals surface area contributed by atoms with E-state index in [1.807, 2.05) is 0 Å². The summed E-state index contributed by atoms with van der Waals surface area (Å²) in [7, 11) is 2.21. The Balaban J connectivity index is 0.00000961. The third-order valence-electron chi connectivity index (χ3n) is 6.47. The molecule has 0 aromatic heterocycles. The zero-order chi connectivity index (χ0) is 22.6. The zero-order valence-electron chi connectivity index (χ0n) is 21.4. The Bertz CT molecular complexity index is 430. The molecular formula is C26H52INO4. The van der Waals surface area contributed by atoms with Crippen LogP contribution in [0.25, 0.3) is 0 Å². The maximum absolute atomic E-state index is 11.5. The molecule has 1 aliphatic rings. The molecule has 1 fully saturated rings. The van der Waals surface area contributed by atoms with E-state index in [1.54, 1.807) is 0 Å². The van der Waals surface area contributed by atoms with Crippen LogP contribution in [0.15, 0.2) is 0 Å². The zero-order valence-corrected chi connectivity index (χ0v) is 23.5. The van der Waals surface area contributed by atoms with Gasteiger partial charge in [0.1, 0.15) is 19.6 Å². The number of ether oxygens (including phenoxy) is 3. The van der Waals surface area contributed by atoms with Crippen molar-refractivity contribution < 1.29 is 47.5 Å². The van der Waals surface area contributed by atoms with Crippen molar-refractivity contribution in [2.45, 2.75) is 110 Å². The lowest BCUT2D eigenvalue weighted by Crippen LogP contribution is -3.00. The second-order valence-corrected chi connectivity index (χ2v) is 9.76. The van der Waals surface area contributed by atoms with Gasteiger partial charge in [-0.05, 0) is 6.42 Å². The number of likely N-dealkylation sites (N-methyl/N-ethyl adjacent to an activating group) is 1. The number of nitrogens with zero attached hydrogens (tertiary/aromatic N) is 1. The molecule has 0 saturated carbocycles. The van der Waals surface area contributed by atoms with Crippen LogP contribution >= 0.6 is 0 Å². The van der Waals surface area contributed by atoms with Crippen molar-refractivity contribution in [1.29, 1.82) is 0 Å². The fraction of sp³-hybridized carbons (Fsp3) is 0.962. The lowest BCUT2D eigenvalue weighted by Gasteiger charge is -2.39. The van der Waals surface area contributed by atoms with Crippen LogP contribution in [0.3, 0.4) is 0 Å². The van der Waals surface area contributed by atoms with E-state index in [0.29, 0.717) is 6.61 Å². The first-order chi connectivity index (χ1) is 15.1. The summed E-state index contributed by atoms with van der Waals surface area (Å²) < 4.78 is 17.7. The van der Waals surface area contributed by atoms with Gasteiger partial charge in [-0.2, -0.15) is 0 Å². The molecule has 0 spiro atoms. The molecule has 1 saturated heterocycles. The van der Waals surface area contributed by atoms with E-state index in [9.17, 15) is 4.79 Å². The van der Waals surface area contributed by atoms with E-state index in [4.69, 9.17) is 14.2 Å². The Hall–Kier alpha value is 0.0800. The average Bonchev–Trinajstić information content (AvgIpc) is 2.73. The van der Waals surface area contributed by atoms with Crippen LogP contribution < -0.4 is 24.0 Å². The normalized spacial score (nSPS) is 16.3. The van der Waals surface area contributed by atoms with E-state index < -0.39 is 0 Å². The molecule has 0 radical (unpaired) electrons. The van der Waals surface area contributed by atoms with Gasteiger partial charge >= 0.3 is 5.97 Å². The van der Waals surface area contributed by atoms with Gasteiger partial charge in [-0.25, -0.2) is 0 Å². The number of carbonyl (C=O) groups excluding carboxylic acids is 1. The van der Waals surface area contributed by atoms with Crippen molar-refractivity contribution in [2.24, 2.45) is 0 Å². The van der Waals surface area contributed by atoms with Gasteiger partial charge in [0.05, 0.1) is 26.9 Å². The van der Waals surface area contributed by atoms with Crippen LogP contribution in [0.1, 0.15) is 104 Å². The number of quaternary nitrogens is 1. The van der Waals surface area contributed by atoms with E-state index >= 15 is 0 Å². The molecule has 0 aromatic carbocycles. The minimum absolute atomic E-state index is 0. The van der Waals surface area contributed by atoms with E-state index in [0.717, 1.165) is 50.4 Å². The summed E-state index contributed by atoms with van der Waals surface area (Å²) in [5, 5.41) is 0. The van der Waals surface area contributed by atoms with Gasteiger partial charge in [0.25, 0.3) is 0 Å². The van der Waals surface area contributed by atoms with E-state index in [2.05, 4.69) is 14.0 Å². The molecule has 1 heterocycles. The Kier molecular flexibility index (Phi) is 21.7. The summed E-state index contributed by atoms with van der Waals surface area (Å²) in [6, 6.07) is 0. The smallest absolute Gasteiger partial charge is 0.303 e. The van der Waals surface area contributed by atoms with Crippen molar-refractivity contribution in [3.63, 3.8) is 0 Å². The SMILES string of the molecule is CCCCCCCCCCCCCCCCOCC(C[N+]1(C)CCOCC1)OC(C)=O.[I-]. The highest BCUT2D eigenvalue weighted by molar-refractivity contribution is 5.66. The summed E-state index contributed by atoms with van der Waals surface area (Å²) in [5.74, 6) is -0.218. The molecule has 0 aromatic rings. The van der Waals surface area contributed by atoms with Crippen molar-refractivity contribution in [3.05, 3.63) is 0 Å². The number of hydrogen-bond acceptors (Lipinski definition) is 4. The molecule has 32 heavy (non-hydrogen) atoms. The molecule has 1 rings (SSSR count). The van der Waals surface area contributed by atoms with Crippen LogP contribution in [0.2, 0.25) is 0 Å². The van der Waals surface area contributed by atoms with Gasteiger partial charge in [0.15, 0.2) is 6.10 Å². The third kappa shape index (κ3) is 18.5. The largest absolute Gasteiger partial charge is 1.00 e. The summed E-state index contributed by atoms with van der Waals surface area (Å²) in [5.41, 5.74) is 0. The molecule has 0 N–H and O–H groups in total. The Morgan fingerprint density at radius 1 is 0.844 bits per heavy atom. The standard InChI is InChI=1S/C26H52NO4.HI/c1-4-5-6-7-8-9-10-11-12-13-14-15-16-17-20-30-24-26(31-25(2)28)23-27(3)18-21-29-22-19-27;/h26H,4-24H2,1-3H3;1H/q+1;/p-1. The highest BCUT2D eigenvalue weighted by atomic mass is 127. The van der Waals surface area contributed by atoms with Crippen LogP contribution in [-0.4, -0.2) is 69.7 Å². The fourth-order valence-electron chi connectivity index (χ4n) is 4.43. The highest BCUT2D eigenvalue weighted by Crippen LogP contribution is 2.14. The summed E-state index contributed by atoms with van der Waals surface area (Å²) >= 11 is 0. The lowest BCUT2D eigenvalue weighted by atomic mass is 10.0. The first-order valence-corrected chi connectivity index (χ1v) is 13.2. The second kappa shape index (κ2) is 21.6. The average molecular weight is 570 g/mol. The Morgan fingerprint density at radius 2 is 1.31 bits per heavy atom. The number of rotatable bonds is 20. The monoisotopic (exact) mass is 569 g/mol. The van der Waals surface area contributed by atoms with E-state index in [1.165, 1.54) is 90.4 Å². The quantitative estimate of drug-likeness (QED) is 0.0980. The van der Waals surface area contributed by atoms with Crippen LogP contribution in [-0.2, 0) is 19.0 Å². The maximum Gasteiger partial charge on any atom is 0.303 e. The Labute approximate surface area is 215 Å². The van der Waals surface area contributed by atoms with Crippen molar-refractivity contribution in [2.75, 3.05) is 53.1 Å². The maximum atomic E-state index is 11.5. The topological polar surface area (TPSA) is 44.8 Å². The van der Waals surface area contributed by atoms with Crippen LogP contribution in [0, 0.1) is 0 Å². The molecule has 1 aliphatic heterocycles.